The van der Waals surface area contributed by atoms with E-state index in [9.17, 15) is 8.78 Å². The zero-order valence-electron chi connectivity index (χ0n) is 16.1. The molecular weight excluding hydrogens is 388 g/mol. The largest absolute Gasteiger partial charge is 0.333 e. The number of hydrogen-bond acceptors (Lipinski definition) is 5. The first-order valence-corrected chi connectivity index (χ1v) is 9.83. The van der Waals surface area contributed by atoms with Gasteiger partial charge in [-0.2, -0.15) is 10.1 Å². The molecule has 0 amide bonds. The van der Waals surface area contributed by atoms with E-state index in [4.69, 9.17) is 4.52 Å². The molecule has 1 N–H and O–H groups in total. The highest BCUT2D eigenvalue weighted by atomic mass is 19.1. The zero-order valence-corrected chi connectivity index (χ0v) is 16.1. The van der Waals surface area contributed by atoms with Gasteiger partial charge in [0.1, 0.15) is 11.6 Å². The van der Waals surface area contributed by atoms with Crippen LogP contribution in [0, 0.1) is 11.6 Å². The second-order valence-electron chi connectivity index (χ2n) is 7.27. The van der Waals surface area contributed by atoms with Gasteiger partial charge in [-0.1, -0.05) is 35.5 Å². The summed E-state index contributed by atoms with van der Waals surface area (Å²) in [6.45, 7) is 1.48. The Labute approximate surface area is 171 Å². The van der Waals surface area contributed by atoms with E-state index in [2.05, 4.69) is 20.6 Å². The molecule has 2 aromatic heterocycles. The Hall–Kier alpha value is -3.39. The third-order valence-electron chi connectivity index (χ3n) is 5.05. The van der Waals surface area contributed by atoms with Gasteiger partial charge in [0, 0.05) is 18.2 Å². The van der Waals surface area contributed by atoms with Gasteiger partial charge in [0.2, 0.25) is 5.82 Å². The first-order valence-electron chi connectivity index (χ1n) is 9.83. The maximum Gasteiger partial charge on any atom is 0.262 e. The molecular formula is C22H19F2N5O. The third-order valence-corrected chi connectivity index (χ3v) is 5.05. The second kappa shape index (κ2) is 7.79. The van der Waals surface area contributed by atoms with Crippen molar-refractivity contribution in [1.82, 2.24) is 25.2 Å². The molecule has 6 nitrogen and oxygen atoms in total. The van der Waals surface area contributed by atoms with E-state index in [1.807, 2.05) is 35.0 Å². The van der Waals surface area contributed by atoms with Crippen LogP contribution in [0.2, 0.25) is 0 Å². The summed E-state index contributed by atoms with van der Waals surface area (Å²) in [6.07, 6.45) is 4.10. The predicted molar refractivity (Wildman–Crippen MR) is 107 cm³/mol. The average molecular weight is 407 g/mol. The van der Waals surface area contributed by atoms with E-state index in [0.29, 0.717) is 18.2 Å². The topological polar surface area (TPSA) is 68.8 Å². The maximum absolute atomic E-state index is 14.1. The molecule has 0 bridgehead atoms. The number of benzene rings is 2. The fraction of sp³-hybridized carbons (Fsp3) is 0.227. The van der Waals surface area contributed by atoms with Crippen LogP contribution in [0.1, 0.15) is 12.8 Å². The Kier molecular flexibility index (Phi) is 4.84. The summed E-state index contributed by atoms with van der Waals surface area (Å²) in [4.78, 5) is 4.32. The maximum atomic E-state index is 14.1. The fourth-order valence-electron chi connectivity index (χ4n) is 3.39. The number of aromatic nitrogens is 4. The number of hydrogen-bond donors (Lipinski definition) is 1. The van der Waals surface area contributed by atoms with Crippen molar-refractivity contribution in [2.45, 2.75) is 25.4 Å². The van der Waals surface area contributed by atoms with Crippen LogP contribution in [-0.4, -0.2) is 32.5 Å². The third kappa shape index (κ3) is 3.73. The van der Waals surface area contributed by atoms with Gasteiger partial charge in [0.25, 0.3) is 5.89 Å². The molecule has 2 aromatic carbocycles. The summed E-state index contributed by atoms with van der Waals surface area (Å²) in [5.74, 6) is -0.995. The number of nitrogens with zero attached hydrogens (tertiary/aromatic N) is 4. The molecule has 0 aliphatic heterocycles. The Morgan fingerprint density at radius 1 is 1.07 bits per heavy atom. The van der Waals surface area contributed by atoms with Crippen molar-refractivity contribution in [2.75, 3.05) is 6.54 Å². The summed E-state index contributed by atoms with van der Waals surface area (Å²) < 4.78 is 35.0. The van der Waals surface area contributed by atoms with Gasteiger partial charge in [0.05, 0.1) is 29.6 Å². The molecule has 1 fully saturated rings. The van der Waals surface area contributed by atoms with Crippen LogP contribution in [0.3, 0.4) is 0 Å². The summed E-state index contributed by atoms with van der Waals surface area (Å²) in [5.41, 5.74) is 2.38. The van der Waals surface area contributed by atoms with Crippen molar-refractivity contribution >= 4 is 0 Å². The van der Waals surface area contributed by atoms with Gasteiger partial charge < -0.3 is 9.84 Å². The van der Waals surface area contributed by atoms with E-state index < -0.39 is 11.6 Å². The lowest BCUT2D eigenvalue weighted by atomic mass is 10.1. The SMILES string of the molecule is Fc1ccc(F)c(-c2noc(-c3cnn(CCNC4CC4)c3-c3ccccc3)n2)c1. The number of halogens is 2. The minimum Gasteiger partial charge on any atom is -0.333 e. The van der Waals surface area contributed by atoms with Crippen molar-refractivity contribution in [2.24, 2.45) is 0 Å². The zero-order chi connectivity index (χ0) is 20.5. The highest BCUT2D eigenvalue weighted by Gasteiger charge is 2.23. The van der Waals surface area contributed by atoms with Crippen LogP contribution < -0.4 is 5.32 Å². The van der Waals surface area contributed by atoms with Crippen molar-refractivity contribution in [3.05, 3.63) is 66.4 Å². The standard InChI is InChI=1S/C22H19F2N5O/c23-15-6-9-19(24)17(12-15)21-27-22(30-28-21)18-13-26-29(11-10-25-16-7-8-16)20(18)14-4-2-1-3-5-14/h1-6,9,12-13,16,25H,7-8,10-11H2. The normalized spacial score (nSPS) is 13.7. The smallest absolute Gasteiger partial charge is 0.262 e. The van der Waals surface area contributed by atoms with Crippen LogP contribution in [0.25, 0.3) is 34.1 Å². The second-order valence-corrected chi connectivity index (χ2v) is 7.27. The number of rotatable bonds is 7. The molecule has 152 valence electrons. The molecule has 2 heterocycles. The minimum absolute atomic E-state index is 0.0100. The Morgan fingerprint density at radius 2 is 1.90 bits per heavy atom. The van der Waals surface area contributed by atoms with Gasteiger partial charge >= 0.3 is 0 Å². The molecule has 8 heteroatoms. The Balaban J connectivity index is 1.51. The van der Waals surface area contributed by atoms with Crippen molar-refractivity contribution in [3.63, 3.8) is 0 Å². The monoisotopic (exact) mass is 407 g/mol. The van der Waals surface area contributed by atoms with Gasteiger partial charge in [-0.15, -0.1) is 0 Å². The first kappa shape index (κ1) is 18.6. The molecule has 1 aliphatic rings. The van der Waals surface area contributed by atoms with E-state index in [1.165, 1.54) is 12.8 Å². The lowest BCUT2D eigenvalue weighted by molar-refractivity contribution is 0.432. The highest BCUT2D eigenvalue weighted by molar-refractivity contribution is 5.77. The molecule has 0 saturated heterocycles. The molecule has 5 rings (SSSR count). The minimum atomic E-state index is -0.617. The van der Waals surface area contributed by atoms with E-state index in [-0.39, 0.29) is 17.3 Å². The van der Waals surface area contributed by atoms with Gasteiger partial charge in [0.15, 0.2) is 0 Å². The number of nitrogens with one attached hydrogen (secondary N) is 1. The summed E-state index contributed by atoms with van der Waals surface area (Å²) in [7, 11) is 0. The fourth-order valence-corrected chi connectivity index (χ4v) is 3.39. The van der Waals surface area contributed by atoms with Gasteiger partial charge in [-0.05, 0) is 31.0 Å². The molecule has 1 aliphatic carbocycles. The molecule has 0 spiro atoms. The van der Waals surface area contributed by atoms with Crippen molar-refractivity contribution in [3.8, 4) is 34.1 Å². The molecule has 0 atom stereocenters. The molecule has 30 heavy (non-hydrogen) atoms. The lowest BCUT2D eigenvalue weighted by Gasteiger charge is -2.09. The van der Waals surface area contributed by atoms with Crippen molar-refractivity contribution < 1.29 is 13.3 Å². The molecule has 0 unspecified atom stereocenters. The van der Waals surface area contributed by atoms with Crippen LogP contribution >= 0.6 is 0 Å². The summed E-state index contributed by atoms with van der Waals surface area (Å²) in [6, 6.07) is 13.5. The predicted octanol–water partition coefficient (Wildman–Crippen LogP) is 4.30. The van der Waals surface area contributed by atoms with Crippen LogP contribution in [0.15, 0.2) is 59.3 Å². The van der Waals surface area contributed by atoms with Gasteiger partial charge in [-0.25, -0.2) is 8.78 Å². The highest BCUT2D eigenvalue weighted by Crippen LogP contribution is 2.33. The van der Waals surface area contributed by atoms with Crippen LogP contribution in [0.5, 0.6) is 0 Å². The lowest BCUT2D eigenvalue weighted by Crippen LogP contribution is -2.22. The quantitative estimate of drug-likeness (QED) is 0.495. The van der Waals surface area contributed by atoms with E-state index in [1.54, 1.807) is 6.20 Å². The Bertz CT molecular complexity index is 1170. The molecule has 4 aromatic rings. The summed E-state index contributed by atoms with van der Waals surface area (Å²) >= 11 is 0. The van der Waals surface area contributed by atoms with Gasteiger partial charge in [-0.3, -0.25) is 4.68 Å². The summed E-state index contributed by atoms with van der Waals surface area (Å²) in [5, 5.41) is 11.9. The van der Waals surface area contributed by atoms with Crippen LogP contribution in [0.4, 0.5) is 8.78 Å². The molecule has 0 radical (unpaired) electrons. The average Bonchev–Trinajstić information content (AvgIpc) is 3.29. The van der Waals surface area contributed by atoms with E-state index >= 15 is 0 Å². The van der Waals surface area contributed by atoms with E-state index in [0.717, 1.165) is 36.0 Å². The van der Waals surface area contributed by atoms with Crippen molar-refractivity contribution in [1.29, 1.82) is 0 Å². The Morgan fingerprint density at radius 3 is 2.70 bits per heavy atom. The first-order chi connectivity index (χ1) is 14.7. The van der Waals surface area contributed by atoms with Crippen LogP contribution in [-0.2, 0) is 6.54 Å². The molecule has 1 saturated carbocycles.